The summed E-state index contributed by atoms with van der Waals surface area (Å²) in [5.74, 6) is -2.56. The van der Waals surface area contributed by atoms with Crippen LogP contribution in [0.2, 0.25) is 5.02 Å². The number of nitrogens with one attached hydrogen (secondary N) is 1. The molecule has 5 nitrogen and oxygen atoms in total. The van der Waals surface area contributed by atoms with Gasteiger partial charge in [-0.05, 0) is 24.6 Å². The van der Waals surface area contributed by atoms with Crippen LogP contribution in [-0.4, -0.2) is 53.7 Å². The Morgan fingerprint density at radius 3 is 2.33 bits per heavy atom. The molecule has 134 valence electrons. The zero-order valence-electron chi connectivity index (χ0n) is 12.9. The van der Waals surface area contributed by atoms with Crippen LogP contribution in [0.1, 0.15) is 12.5 Å². The van der Waals surface area contributed by atoms with Crippen LogP contribution in [0.25, 0.3) is 0 Å². The number of amides is 1. The van der Waals surface area contributed by atoms with Crippen molar-refractivity contribution in [3.63, 3.8) is 0 Å². The number of benzene rings is 1. The van der Waals surface area contributed by atoms with Gasteiger partial charge in [0.25, 0.3) is 0 Å². The van der Waals surface area contributed by atoms with Crippen LogP contribution in [0.15, 0.2) is 24.3 Å². The van der Waals surface area contributed by atoms with E-state index in [1.54, 1.807) is 0 Å². The second-order valence-electron chi connectivity index (χ2n) is 5.25. The number of nitrogens with zero attached hydrogens (tertiary/aromatic N) is 1. The van der Waals surface area contributed by atoms with Gasteiger partial charge in [-0.3, -0.25) is 4.79 Å². The van der Waals surface area contributed by atoms with Gasteiger partial charge in [-0.15, -0.1) is 0 Å². The average molecular weight is 367 g/mol. The van der Waals surface area contributed by atoms with Gasteiger partial charge in [-0.1, -0.05) is 23.7 Å². The van der Waals surface area contributed by atoms with Crippen molar-refractivity contribution < 1.29 is 27.9 Å². The fourth-order valence-electron chi connectivity index (χ4n) is 2.09. The number of carbonyl (C=O) groups excluding carboxylic acids is 1. The Hall–Kier alpha value is -1.80. The minimum atomic E-state index is -5.08. The third-order valence-corrected chi connectivity index (χ3v) is 3.58. The summed E-state index contributed by atoms with van der Waals surface area (Å²) in [5, 5.41) is 11.1. The highest BCUT2D eigenvalue weighted by atomic mass is 35.5. The Kier molecular flexibility index (Phi) is 7.50. The van der Waals surface area contributed by atoms with Gasteiger partial charge >= 0.3 is 12.1 Å². The van der Waals surface area contributed by atoms with E-state index in [1.807, 2.05) is 29.2 Å². The van der Waals surface area contributed by atoms with E-state index in [9.17, 15) is 18.0 Å². The van der Waals surface area contributed by atoms with E-state index in [2.05, 4.69) is 12.2 Å². The molecule has 1 aromatic carbocycles. The molecule has 1 aliphatic heterocycles. The second-order valence-corrected chi connectivity index (χ2v) is 5.68. The average Bonchev–Trinajstić information content (AvgIpc) is 2.49. The third kappa shape index (κ3) is 6.76. The predicted molar refractivity (Wildman–Crippen MR) is 82.9 cm³/mol. The molecule has 0 saturated carbocycles. The van der Waals surface area contributed by atoms with Crippen molar-refractivity contribution in [2.75, 3.05) is 19.6 Å². The lowest BCUT2D eigenvalue weighted by Crippen LogP contribution is -2.52. The van der Waals surface area contributed by atoms with E-state index in [0.717, 1.165) is 25.2 Å². The van der Waals surface area contributed by atoms with Crippen LogP contribution in [-0.2, 0) is 16.0 Å². The Balaban J connectivity index is 0.000000351. The largest absolute Gasteiger partial charge is 0.490 e. The number of hydrogen-bond donors (Lipinski definition) is 2. The SMILES string of the molecule is C[C@H]1CNCCN1C(=O)Cc1ccc(Cl)cc1.O=C(O)C(F)(F)F. The summed E-state index contributed by atoms with van der Waals surface area (Å²) in [5.41, 5.74) is 1.02. The minimum absolute atomic E-state index is 0.196. The van der Waals surface area contributed by atoms with Gasteiger partial charge in [0.15, 0.2) is 0 Å². The fourth-order valence-corrected chi connectivity index (χ4v) is 2.22. The van der Waals surface area contributed by atoms with Crippen LogP contribution >= 0.6 is 11.6 Å². The molecule has 2 rings (SSSR count). The van der Waals surface area contributed by atoms with Crippen molar-refractivity contribution in [2.24, 2.45) is 0 Å². The van der Waals surface area contributed by atoms with Crippen LogP contribution in [0, 0.1) is 0 Å². The molecular formula is C15H18ClF3N2O3. The fraction of sp³-hybridized carbons (Fsp3) is 0.467. The van der Waals surface area contributed by atoms with Crippen LogP contribution in [0.3, 0.4) is 0 Å². The van der Waals surface area contributed by atoms with Gasteiger partial charge in [0.2, 0.25) is 5.91 Å². The molecule has 1 aromatic rings. The number of piperazine rings is 1. The zero-order valence-corrected chi connectivity index (χ0v) is 13.7. The lowest BCUT2D eigenvalue weighted by molar-refractivity contribution is -0.192. The number of hydrogen-bond acceptors (Lipinski definition) is 3. The summed E-state index contributed by atoms with van der Waals surface area (Å²) >= 11 is 5.82. The molecule has 1 aliphatic rings. The Morgan fingerprint density at radius 2 is 1.88 bits per heavy atom. The number of rotatable bonds is 2. The van der Waals surface area contributed by atoms with Crippen LogP contribution < -0.4 is 5.32 Å². The summed E-state index contributed by atoms with van der Waals surface area (Å²) in [6.07, 6.45) is -4.62. The number of carbonyl (C=O) groups is 2. The molecule has 0 aromatic heterocycles. The Morgan fingerprint density at radius 1 is 1.33 bits per heavy atom. The molecule has 24 heavy (non-hydrogen) atoms. The van der Waals surface area contributed by atoms with Crippen molar-refractivity contribution in [3.8, 4) is 0 Å². The van der Waals surface area contributed by atoms with Crippen LogP contribution in [0.5, 0.6) is 0 Å². The molecular weight excluding hydrogens is 349 g/mol. The summed E-state index contributed by atoms with van der Waals surface area (Å²) < 4.78 is 31.7. The van der Waals surface area contributed by atoms with Gasteiger partial charge in [-0.2, -0.15) is 13.2 Å². The maximum absolute atomic E-state index is 12.1. The van der Waals surface area contributed by atoms with E-state index < -0.39 is 12.1 Å². The van der Waals surface area contributed by atoms with Crippen molar-refractivity contribution in [1.82, 2.24) is 10.2 Å². The highest BCUT2D eigenvalue weighted by Crippen LogP contribution is 2.13. The molecule has 0 radical (unpaired) electrons. The van der Waals surface area contributed by atoms with E-state index in [4.69, 9.17) is 21.5 Å². The third-order valence-electron chi connectivity index (χ3n) is 3.33. The predicted octanol–water partition coefficient (Wildman–Crippen LogP) is 2.34. The second kappa shape index (κ2) is 8.89. The Bertz CT molecular complexity index is 564. The number of aliphatic carboxylic acids is 1. The normalized spacial score (nSPS) is 17.7. The molecule has 1 atom stereocenters. The maximum atomic E-state index is 12.1. The molecule has 1 amide bonds. The molecule has 0 unspecified atom stereocenters. The van der Waals surface area contributed by atoms with E-state index in [-0.39, 0.29) is 11.9 Å². The van der Waals surface area contributed by atoms with Crippen LogP contribution in [0.4, 0.5) is 13.2 Å². The molecule has 0 bridgehead atoms. The molecule has 0 spiro atoms. The van der Waals surface area contributed by atoms with E-state index in [0.29, 0.717) is 11.4 Å². The summed E-state index contributed by atoms with van der Waals surface area (Å²) in [6.45, 7) is 4.64. The van der Waals surface area contributed by atoms with Gasteiger partial charge in [0.05, 0.1) is 6.42 Å². The summed E-state index contributed by atoms with van der Waals surface area (Å²) in [6, 6.07) is 7.75. The quantitative estimate of drug-likeness (QED) is 0.843. The molecule has 9 heteroatoms. The number of halogens is 4. The smallest absolute Gasteiger partial charge is 0.475 e. The first kappa shape index (κ1) is 20.2. The number of carboxylic acid groups (broad SMARTS) is 1. The molecule has 2 N–H and O–H groups in total. The molecule has 1 saturated heterocycles. The van der Waals surface area contributed by atoms with Gasteiger partial charge in [0.1, 0.15) is 0 Å². The zero-order chi connectivity index (χ0) is 18.3. The minimum Gasteiger partial charge on any atom is -0.475 e. The maximum Gasteiger partial charge on any atom is 0.490 e. The topological polar surface area (TPSA) is 69.6 Å². The highest BCUT2D eigenvalue weighted by molar-refractivity contribution is 6.30. The van der Waals surface area contributed by atoms with Gasteiger partial charge in [-0.25, -0.2) is 4.79 Å². The first-order valence-electron chi connectivity index (χ1n) is 7.16. The standard InChI is InChI=1S/C13H17ClN2O.C2HF3O2/c1-10-9-15-6-7-16(10)13(17)8-11-2-4-12(14)5-3-11;3-2(4,5)1(6)7/h2-5,10,15H,6-9H2,1H3;(H,6,7)/t10-;/m0./s1. The number of carboxylic acids is 1. The van der Waals surface area contributed by atoms with Gasteiger partial charge < -0.3 is 15.3 Å². The molecule has 0 aliphatic carbocycles. The summed E-state index contributed by atoms with van der Waals surface area (Å²) in [4.78, 5) is 23.0. The molecule has 1 heterocycles. The monoisotopic (exact) mass is 366 g/mol. The van der Waals surface area contributed by atoms with E-state index >= 15 is 0 Å². The van der Waals surface area contributed by atoms with Crippen molar-refractivity contribution in [2.45, 2.75) is 25.6 Å². The van der Waals surface area contributed by atoms with Crippen molar-refractivity contribution in [3.05, 3.63) is 34.9 Å². The molecule has 1 fully saturated rings. The summed E-state index contributed by atoms with van der Waals surface area (Å²) in [7, 11) is 0. The number of alkyl halides is 3. The Labute approximate surface area is 142 Å². The lowest BCUT2D eigenvalue weighted by atomic mass is 10.1. The first-order valence-corrected chi connectivity index (χ1v) is 7.53. The van der Waals surface area contributed by atoms with Crippen molar-refractivity contribution >= 4 is 23.5 Å². The van der Waals surface area contributed by atoms with Gasteiger partial charge in [0, 0.05) is 30.7 Å². The first-order chi connectivity index (χ1) is 11.1. The highest BCUT2D eigenvalue weighted by Gasteiger charge is 2.38. The van der Waals surface area contributed by atoms with Crippen molar-refractivity contribution in [1.29, 1.82) is 0 Å². The van der Waals surface area contributed by atoms with E-state index in [1.165, 1.54) is 0 Å². The lowest BCUT2D eigenvalue weighted by Gasteiger charge is -2.34.